The van der Waals surface area contributed by atoms with Gasteiger partial charge in [-0.3, -0.25) is 4.98 Å². The first-order chi connectivity index (χ1) is 8.27. The van der Waals surface area contributed by atoms with Gasteiger partial charge in [-0.2, -0.15) is 0 Å². The zero-order valence-corrected chi connectivity index (χ0v) is 10.9. The molecule has 17 heavy (non-hydrogen) atoms. The monoisotopic (exact) mass is 292 g/mol. The highest BCUT2D eigenvalue weighted by atomic mass is 79.9. The Balaban J connectivity index is 2.18. The summed E-state index contributed by atoms with van der Waals surface area (Å²) in [6, 6.07) is 5.83. The summed E-state index contributed by atoms with van der Waals surface area (Å²) in [5.74, 6) is 0.861. The molecule has 0 aromatic carbocycles. The Morgan fingerprint density at radius 3 is 3.06 bits per heavy atom. The van der Waals surface area contributed by atoms with E-state index in [1.807, 2.05) is 18.2 Å². The van der Waals surface area contributed by atoms with Crippen LogP contribution >= 0.6 is 15.9 Å². The number of aromatic nitrogens is 3. The van der Waals surface area contributed by atoms with Gasteiger partial charge in [0, 0.05) is 6.20 Å². The lowest BCUT2D eigenvalue weighted by molar-refractivity contribution is 0.416. The smallest absolute Gasteiger partial charge is 0.161 e. The first kappa shape index (κ1) is 10.9. The third kappa shape index (κ3) is 1.79. The van der Waals surface area contributed by atoms with Crippen molar-refractivity contribution < 1.29 is 0 Å². The molecule has 0 saturated heterocycles. The van der Waals surface area contributed by atoms with Gasteiger partial charge in [-0.1, -0.05) is 6.07 Å². The van der Waals surface area contributed by atoms with E-state index < -0.39 is 0 Å². The van der Waals surface area contributed by atoms with E-state index in [4.69, 9.17) is 5.73 Å². The maximum atomic E-state index is 6.17. The van der Waals surface area contributed by atoms with Crippen LogP contribution in [0, 0.1) is 0 Å². The average molecular weight is 293 g/mol. The number of hydrogen-bond donors (Lipinski definition) is 1. The Kier molecular flexibility index (Phi) is 2.72. The van der Waals surface area contributed by atoms with Crippen molar-refractivity contribution >= 4 is 15.9 Å². The molecule has 2 N–H and O–H groups in total. The van der Waals surface area contributed by atoms with Crippen LogP contribution in [0.5, 0.6) is 0 Å². The number of hydrogen-bond acceptors (Lipinski definition) is 3. The molecule has 5 heteroatoms. The van der Waals surface area contributed by atoms with Crippen LogP contribution in [0.1, 0.15) is 24.7 Å². The molecule has 3 rings (SSSR count). The Morgan fingerprint density at radius 2 is 2.29 bits per heavy atom. The van der Waals surface area contributed by atoms with E-state index in [-0.39, 0.29) is 6.17 Å². The molecule has 1 unspecified atom stereocenters. The first-order valence-corrected chi connectivity index (χ1v) is 6.50. The van der Waals surface area contributed by atoms with Crippen LogP contribution in [0.2, 0.25) is 0 Å². The lowest BCUT2D eigenvalue weighted by atomic mass is 10.1. The highest BCUT2D eigenvalue weighted by Gasteiger charge is 2.24. The molecule has 0 radical (unpaired) electrons. The summed E-state index contributed by atoms with van der Waals surface area (Å²) in [6.45, 7) is 0. The molecular formula is C12H13BrN4. The van der Waals surface area contributed by atoms with E-state index in [1.54, 1.807) is 6.20 Å². The quantitative estimate of drug-likeness (QED) is 0.879. The third-order valence-corrected chi connectivity index (χ3v) is 3.74. The summed E-state index contributed by atoms with van der Waals surface area (Å²) in [5, 5.41) is 0. The fourth-order valence-corrected chi connectivity index (χ4v) is 2.86. The SMILES string of the molecule is NC1CCCc2c(Br)nc(-c3ccccn3)n21. The van der Waals surface area contributed by atoms with Gasteiger partial charge in [0.2, 0.25) is 0 Å². The van der Waals surface area contributed by atoms with Crippen molar-refractivity contribution in [3.05, 3.63) is 34.7 Å². The molecule has 2 aromatic rings. The van der Waals surface area contributed by atoms with Crippen LogP contribution in [0.15, 0.2) is 29.0 Å². The van der Waals surface area contributed by atoms with Gasteiger partial charge in [0.15, 0.2) is 5.82 Å². The molecule has 0 saturated carbocycles. The van der Waals surface area contributed by atoms with Gasteiger partial charge < -0.3 is 10.3 Å². The number of rotatable bonds is 1. The van der Waals surface area contributed by atoms with Crippen LogP contribution in [-0.4, -0.2) is 14.5 Å². The summed E-state index contributed by atoms with van der Waals surface area (Å²) in [5.41, 5.74) is 8.23. The van der Waals surface area contributed by atoms with Crippen molar-refractivity contribution in [3.8, 4) is 11.5 Å². The molecule has 4 nitrogen and oxygen atoms in total. The number of imidazole rings is 1. The van der Waals surface area contributed by atoms with Crippen molar-refractivity contribution in [1.82, 2.24) is 14.5 Å². The van der Waals surface area contributed by atoms with Crippen LogP contribution in [-0.2, 0) is 6.42 Å². The third-order valence-electron chi connectivity index (χ3n) is 3.10. The molecule has 1 aliphatic heterocycles. The van der Waals surface area contributed by atoms with E-state index in [2.05, 4.69) is 30.5 Å². The number of halogens is 1. The predicted molar refractivity (Wildman–Crippen MR) is 69.3 cm³/mol. The molecule has 3 heterocycles. The summed E-state index contributed by atoms with van der Waals surface area (Å²) in [4.78, 5) is 8.90. The molecule has 1 atom stereocenters. The van der Waals surface area contributed by atoms with Crippen LogP contribution < -0.4 is 5.73 Å². The van der Waals surface area contributed by atoms with Crippen molar-refractivity contribution in [1.29, 1.82) is 0 Å². The first-order valence-electron chi connectivity index (χ1n) is 5.71. The van der Waals surface area contributed by atoms with Crippen LogP contribution in [0.3, 0.4) is 0 Å². The standard InChI is InChI=1S/C12H13BrN4/c13-11-9-5-3-6-10(14)17(9)12(16-11)8-4-1-2-7-15-8/h1-2,4,7,10H,3,5-6,14H2. The minimum atomic E-state index is 0.00885. The van der Waals surface area contributed by atoms with Crippen molar-refractivity contribution in [2.24, 2.45) is 5.73 Å². The normalized spacial score (nSPS) is 19.1. The molecule has 0 amide bonds. The van der Waals surface area contributed by atoms with Crippen molar-refractivity contribution in [2.75, 3.05) is 0 Å². The fraction of sp³-hybridized carbons (Fsp3) is 0.333. The number of nitrogens with two attached hydrogens (primary N) is 1. The van der Waals surface area contributed by atoms with E-state index in [0.29, 0.717) is 0 Å². The average Bonchev–Trinajstić information content (AvgIpc) is 2.70. The maximum Gasteiger partial charge on any atom is 0.161 e. The Bertz CT molecular complexity index is 535. The molecule has 0 aliphatic carbocycles. The Hall–Kier alpha value is -1.20. The van der Waals surface area contributed by atoms with Gasteiger partial charge in [-0.05, 0) is 47.3 Å². The molecule has 2 aromatic heterocycles. The van der Waals surface area contributed by atoms with Crippen LogP contribution in [0.4, 0.5) is 0 Å². The fourth-order valence-electron chi connectivity index (χ4n) is 2.30. The minimum absolute atomic E-state index is 0.00885. The zero-order chi connectivity index (χ0) is 11.8. The highest BCUT2D eigenvalue weighted by molar-refractivity contribution is 9.10. The summed E-state index contributed by atoms with van der Waals surface area (Å²) in [7, 11) is 0. The van der Waals surface area contributed by atoms with Crippen molar-refractivity contribution in [3.63, 3.8) is 0 Å². The second-order valence-electron chi connectivity index (χ2n) is 4.22. The lowest BCUT2D eigenvalue weighted by Crippen LogP contribution is -2.25. The number of pyridine rings is 1. The molecule has 88 valence electrons. The van der Waals surface area contributed by atoms with Gasteiger partial charge >= 0.3 is 0 Å². The van der Waals surface area contributed by atoms with Gasteiger partial charge in [0.25, 0.3) is 0 Å². The maximum absolute atomic E-state index is 6.17. The molecule has 0 bridgehead atoms. The summed E-state index contributed by atoms with van der Waals surface area (Å²) >= 11 is 3.51. The zero-order valence-electron chi connectivity index (χ0n) is 9.31. The largest absolute Gasteiger partial charge is 0.311 e. The van der Waals surface area contributed by atoms with E-state index in [0.717, 1.165) is 35.4 Å². The number of nitrogens with zero attached hydrogens (tertiary/aromatic N) is 3. The molecule has 0 fully saturated rings. The van der Waals surface area contributed by atoms with E-state index in [1.165, 1.54) is 5.69 Å². The molecule has 0 spiro atoms. The second-order valence-corrected chi connectivity index (χ2v) is 4.97. The predicted octanol–water partition coefficient (Wildman–Crippen LogP) is 2.50. The Labute approximate surface area is 108 Å². The van der Waals surface area contributed by atoms with E-state index >= 15 is 0 Å². The Morgan fingerprint density at radius 1 is 1.41 bits per heavy atom. The number of fused-ring (bicyclic) bond motifs is 1. The van der Waals surface area contributed by atoms with E-state index in [9.17, 15) is 0 Å². The van der Waals surface area contributed by atoms with Gasteiger partial charge in [0.05, 0.1) is 11.9 Å². The lowest BCUT2D eigenvalue weighted by Gasteiger charge is -2.23. The topological polar surface area (TPSA) is 56.7 Å². The van der Waals surface area contributed by atoms with Gasteiger partial charge in [-0.25, -0.2) is 4.98 Å². The van der Waals surface area contributed by atoms with Gasteiger partial charge in [0.1, 0.15) is 10.3 Å². The van der Waals surface area contributed by atoms with Crippen LogP contribution in [0.25, 0.3) is 11.5 Å². The molecule has 1 aliphatic rings. The highest BCUT2D eigenvalue weighted by Crippen LogP contribution is 2.32. The minimum Gasteiger partial charge on any atom is -0.311 e. The summed E-state index contributed by atoms with van der Waals surface area (Å²) in [6.07, 6.45) is 4.92. The summed E-state index contributed by atoms with van der Waals surface area (Å²) < 4.78 is 3.00. The second kappa shape index (κ2) is 4.23. The molecular weight excluding hydrogens is 280 g/mol. The van der Waals surface area contributed by atoms with Gasteiger partial charge in [-0.15, -0.1) is 0 Å². The van der Waals surface area contributed by atoms with Crippen molar-refractivity contribution in [2.45, 2.75) is 25.4 Å².